The molecule has 0 aromatic rings. The van der Waals surface area contributed by atoms with Crippen molar-refractivity contribution in [2.75, 3.05) is 0 Å². The number of hydrogen-bond acceptors (Lipinski definition) is 4. The first-order chi connectivity index (χ1) is 15.4. The zero-order chi connectivity index (χ0) is 24.3. The second-order valence-electron chi connectivity index (χ2n) is 12.7. The quantitative estimate of drug-likeness (QED) is 0.494. The molecule has 4 rings (SSSR count). The van der Waals surface area contributed by atoms with Gasteiger partial charge in [-0.05, 0) is 85.5 Å². The summed E-state index contributed by atoms with van der Waals surface area (Å²) in [5, 5.41) is 33.8. The van der Waals surface area contributed by atoms with Gasteiger partial charge in [-0.3, -0.25) is 4.79 Å². The molecule has 0 heterocycles. The average Bonchev–Trinajstić information content (AvgIpc) is 3.01. The molecule has 4 heteroatoms. The van der Waals surface area contributed by atoms with Crippen molar-refractivity contribution < 1.29 is 20.1 Å². The van der Waals surface area contributed by atoms with Crippen LogP contribution in [0.5, 0.6) is 0 Å². The number of aliphatic hydroxyl groups is 3. The molecule has 33 heavy (non-hydrogen) atoms. The minimum absolute atomic E-state index is 0.00347. The molecule has 4 aliphatic rings. The third-order valence-electron chi connectivity index (χ3n) is 10.7. The molecule has 0 aromatic heterocycles. The molecule has 0 saturated heterocycles. The van der Waals surface area contributed by atoms with Crippen LogP contribution in [0.4, 0.5) is 0 Å². The lowest BCUT2D eigenvalue weighted by molar-refractivity contribution is -0.161. The Morgan fingerprint density at radius 1 is 1.06 bits per heavy atom. The predicted molar refractivity (Wildman–Crippen MR) is 131 cm³/mol. The van der Waals surface area contributed by atoms with E-state index in [1.54, 1.807) is 0 Å². The Morgan fingerprint density at radius 3 is 2.39 bits per heavy atom. The van der Waals surface area contributed by atoms with Crippen molar-refractivity contribution in [2.45, 2.75) is 111 Å². The molecular weight excluding hydrogens is 412 g/mol. The summed E-state index contributed by atoms with van der Waals surface area (Å²) in [4.78, 5) is 13.5. The van der Waals surface area contributed by atoms with Crippen molar-refractivity contribution in [1.82, 2.24) is 0 Å². The van der Waals surface area contributed by atoms with Crippen LogP contribution >= 0.6 is 0 Å². The fraction of sp³-hybridized carbons (Fsp3) is 0.828. The Bertz CT molecular complexity index is 843. The number of hydrogen-bond donors (Lipinski definition) is 3. The van der Waals surface area contributed by atoms with Gasteiger partial charge in [0, 0.05) is 17.4 Å². The monoisotopic (exact) mass is 458 g/mol. The molecule has 9 atom stereocenters. The predicted octanol–water partition coefficient (Wildman–Crippen LogP) is 5.21. The van der Waals surface area contributed by atoms with Gasteiger partial charge < -0.3 is 15.3 Å². The standard InChI is InChI=1S/C29H46O4/c1-7-19(17(2)3)9-8-18(4)22-16-24(32)25-26-23(31)15-20-14-21(30)10-11-28(20,6)29(26,33)13-12-27(22,25)5/h8-9,17-22,24,30,32-33H,7,10-16H2,1-6H3. The first kappa shape index (κ1) is 25.1. The molecule has 0 bridgehead atoms. The fourth-order valence-corrected chi connectivity index (χ4v) is 8.34. The SMILES string of the molecule is CCC(C=CC(C)C1CC(O)C2=C3C(=O)CC4CC(O)CCC4(C)C3(O)CCC21C)C(C)C. The lowest BCUT2D eigenvalue weighted by atomic mass is 9.46. The Balaban J connectivity index is 1.72. The summed E-state index contributed by atoms with van der Waals surface area (Å²) in [7, 11) is 0. The van der Waals surface area contributed by atoms with Crippen LogP contribution in [0.1, 0.15) is 92.9 Å². The highest BCUT2D eigenvalue weighted by atomic mass is 16.3. The van der Waals surface area contributed by atoms with E-state index in [1.807, 2.05) is 0 Å². The minimum atomic E-state index is -1.19. The van der Waals surface area contributed by atoms with Gasteiger partial charge in [0.05, 0.1) is 17.8 Å². The van der Waals surface area contributed by atoms with Crippen molar-refractivity contribution in [3.05, 3.63) is 23.3 Å². The number of fused-ring (bicyclic) bond motifs is 4. The summed E-state index contributed by atoms with van der Waals surface area (Å²) in [6, 6.07) is 0. The number of rotatable bonds is 5. The lowest BCUT2D eigenvalue weighted by Gasteiger charge is -2.60. The van der Waals surface area contributed by atoms with Gasteiger partial charge >= 0.3 is 0 Å². The molecule has 0 radical (unpaired) electrons. The molecule has 0 aromatic carbocycles. The maximum atomic E-state index is 13.5. The fourth-order valence-electron chi connectivity index (χ4n) is 8.34. The van der Waals surface area contributed by atoms with Crippen molar-refractivity contribution in [1.29, 1.82) is 0 Å². The lowest BCUT2D eigenvalue weighted by Crippen LogP contribution is -2.62. The van der Waals surface area contributed by atoms with Crippen molar-refractivity contribution >= 4 is 5.78 Å². The largest absolute Gasteiger partial charge is 0.393 e. The first-order valence-corrected chi connectivity index (χ1v) is 13.4. The second kappa shape index (κ2) is 8.60. The maximum absolute atomic E-state index is 13.5. The van der Waals surface area contributed by atoms with Gasteiger partial charge in [-0.25, -0.2) is 0 Å². The van der Waals surface area contributed by atoms with Crippen LogP contribution in [0, 0.1) is 40.4 Å². The summed E-state index contributed by atoms with van der Waals surface area (Å²) in [6.45, 7) is 13.4. The van der Waals surface area contributed by atoms with E-state index in [1.165, 1.54) is 0 Å². The summed E-state index contributed by atoms with van der Waals surface area (Å²) in [5.41, 5.74) is -0.489. The van der Waals surface area contributed by atoms with E-state index in [9.17, 15) is 20.1 Å². The summed E-state index contributed by atoms with van der Waals surface area (Å²) >= 11 is 0. The van der Waals surface area contributed by atoms with E-state index in [-0.39, 0.29) is 29.1 Å². The van der Waals surface area contributed by atoms with Crippen LogP contribution < -0.4 is 0 Å². The zero-order valence-corrected chi connectivity index (χ0v) is 21.6. The van der Waals surface area contributed by atoms with Gasteiger partial charge in [-0.15, -0.1) is 0 Å². The highest BCUT2D eigenvalue weighted by Crippen LogP contribution is 2.66. The van der Waals surface area contributed by atoms with E-state index in [4.69, 9.17) is 0 Å². The van der Waals surface area contributed by atoms with E-state index < -0.39 is 17.1 Å². The highest BCUT2D eigenvalue weighted by molar-refractivity contribution is 6.00. The molecule has 4 aliphatic carbocycles. The average molecular weight is 459 g/mol. The van der Waals surface area contributed by atoms with Crippen LogP contribution in [0.3, 0.4) is 0 Å². The number of allylic oxidation sites excluding steroid dienone is 2. The third-order valence-corrected chi connectivity index (χ3v) is 10.7. The van der Waals surface area contributed by atoms with Crippen LogP contribution in [-0.4, -0.2) is 38.9 Å². The number of carbonyl (C=O) groups is 1. The van der Waals surface area contributed by atoms with Crippen LogP contribution in [0.25, 0.3) is 0 Å². The van der Waals surface area contributed by atoms with E-state index in [2.05, 4.69) is 53.7 Å². The number of Topliss-reactive ketones (excluding diaryl/α,β-unsaturated/α-hetero) is 1. The summed E-state index contributed by atoms with van der Waals surface area (Å²) in [5.74, 6) is 1.72. The first-order valence-electron chi connectivity index (χ1n) is 13.4. The Hall–Kier alpha value is -0.970. The van der Waals surface area contributed by atoms with Gasteiger partial charge in [-0.1, -0.05) is 53.7 Å². The normalized spacial score (nSPS) is 45.2. The topological polar surface area (TPSA) is 77.8 Å². The number of ketones is 1. The van der Waals surface area contributed by atoms with E-state index in [0.29, 0.717) is 55.4 Å². The van der Waals surface area contributed by atoms with Gasteiger partial charge in [0.25, 0.3) is 0 Å². The molecule has 9 unspecified atom stereocenters. The van der Waals surface area contributed by atoms with Crippen molar-refractivity contribution in [3.8, 4) is 0 Å². The zero-order valence-electron chi connectivity index (χ0n) is 21.6. The third kappa shape index (κ3) is 3.70. The number of carbonyl (C=O) groups excluding carboxylic acids is 1. The van der Waals surface area contributed by atoms with Crippen LogP contribution in [0.15, 0.2) is 23.3 Å². The summed E-state index contributed by atoms with van der Waals surface area (Å²) in [6.07, 6.45) is 9.16. The van der Waals surface area contributed by atoms with Crippen molar-refractivity contribution in [3.63, 3.8) is 0 Å². The van der Waals surface area contributed by atoms with Crippen LogP contribution in [-0.2, 0) is 4.79 Å². The minimum Gasteiger partial charge on any atom is -0.393 e. The molecule has 3 saturated carbocycles. The molecule has 0 aliphatic heterocycles. The van der Waals surface area contributed by atoms with Crippen molar-refractivity contribution in [2.24, 2.45) is 40.4 Å². The molecule has 186 valence electrons. The molecule has 3 fully saturated rings. The molecule has 0 spiro atoms. The maximum Gasteiger partial charge on any atom is 0.162 e. The smallest absolute Gasteiger partial charge is 0.162 e. The molecule has 0 amide bonds. The molecule has 3 N–H and O–H groups in total. The van der Waals surface area contributed by atoms with Gasteiger partial charge in [-0.2, -0.15) is 0 Å². The van der Waals surface area contributed by atoms with E-state index >= 15 is 0 Å². The summed E-state index contributed by atoms with van der Waals surface area (Å²) < 4.78 is 0. The van der Waals surface area contributed by atoms with Gasteiger partial charge in [0.15, 0.2) is 5.78 Å². The Morgan fingerprint density at radius 2 is 1.76 bits per heavy atom. The molecular formula is C29H46O4. The molecule has 4 nitrogen and oxygen atoms in total. The van der Waals surface area contributed by atoms with Crippen LogP contribution in [0.2, 0.25) is 0 Å². The number of aliphatic hydroxyl groups excluding tert-OH is 2. The second-order valence-corrected chi connectivity index (χ2v) is 12.7. The van der Waals surface area contributed by atoms with Gasteiger partial charge in [0.2, 0.25) is 0 Å². The van der Waals surface area contributed by atoms with E-state index in [0.717, 1.165) is 24.8 Å². The Kier molecular flexibility index (Phi) is 6.55. The van der Waals surface area contributed by atoms with Gasteiger partial charge in [0.1, 0.15) is 0 Å². The highest BCUT2D eigenvalue weighted by Gasteiger charge is 2.66. The Labute approximate surface area is 200 Å².